The minimum Gasteiger partial charge on any atom is -0.395 e. The van der Waals surface area contributed by atoms with Crippen LogP contribution < -0.4 is 5.32 Å². The maximum absolute atomic E-state index is 12.4. The van der Waals surface area contributed by atoms with E-state index in [0.29, 0.717) is 6.54 Å². The highest BCUT2D eigenvalue weighted by Crippen LogP contribution is 2.24. The third-order valence-electron chi connectivity index (χ3n) is 3.69. The van der Waals surface area contributed by atoms with Crippen molar-refractivity contribution in [2.24, 2.45) is 0 Å². The Morgan fingerprint density at radius 3 is 2.84 bits per heavy atom. The van der Waals surface area contributed by atoms with Gasteiger partial charge < -0.3 is 10.4 Å². The van der Waals surface area contributed by atoms with Crippen molar-refractivity contribution in [3.8, 4) is 0 Å². The van der Waals surface area contributed by atoms with Crippen molar-refractivity contribution in [2.45, 2.75) is 38.8 Å². The fourth-order valence-corrected chi connectivity index (χ4v) is 2.71. The summed E-state index contributed by atoms with van der Waals surface area (Å²) in [5, 5.41) is 12.2. The van der Waals surface area contributed by atoms with E-state index in [9.17, 15) is 9.90 Å². The molecule has 1 amide bonds. The van der Waals surface area contributed by atoms with Gasteiger partial charge in [-0.1, -0.05) is 18.2 Å². The second kappa shape index (κ2) is 6.17. The molecule has 1 aromatic carbocycles. The lowest BCUT2D eigenvalue weighted by Gasteiger charge is -2.32. The van der Waals surface area contributed by atoms with Crippen molar-refractivity contribution < 1.29 is 9.90 Å². The summed E-state index contributed by atoms with van der Waals surface area (Å²) >= 11 is 0. The van der Waals surface area contributed by atoms with E-state index in [1.54, 1.807) is 0 Å². The molecule has 1 heterocycles. The average Bonchev–Trinajstić information content (AvgIpc) is 2.54. The van der Waals surface area contributed by atoms with Crippen molar-refractivity contribution in [3.63, 3.8) is 0 Å². The number of fused-ring (bicyclic) bond motifs is 1. The van der Waals surface area contributed by atoms with Crippen LogP contribution in [0.25, 0.3) is 0 Å². The first-order chi connectivity index (χ1) is 9.13. The van der Waals surface area contributed by atoms with Gasteiger partial charge in [0.2, 0.25) is 5.91 Å². The summed E-state index contributed by atoms with van der Waals surface area (Å²) in [4.78, 5) is 14.4. The molecule has 0 radical (unpaired) electrons. The number of nitrogens with one attached hydrogen (secondary N) is 1. The third kappa shape index (κ3) is 3.14. The van der Waals surface area contributed by atoms with Gasteiger partial charge in [0.15, 0.2) is 0 Å². The molecular weight excluding hydrogens is 240 g/mol. The fourth-order valence-electron chi connectivity index (χ4n) is 2.71. The average molecular weight is 262 g/mol. The highest BCUT2D eigenvalue weighted by atomic mass is 16.3. The lowest BCUT2D eigenvalue weighted by Crippen LogP contribution is -2.48. The van der Waals surface area contributed by atoms with Crippen molar-refractivity contribution in [1.82, 2.24) is 4.90 Å². The molecule has 1 aliphatic heterocycles. The van der Waals surface area contributed by atoms with E-state index in [1.807, 2.05) is 18.2 Å². The minimum atomic E-state index is -0.167. The lowest BCUT2D eigenvalue weighted by molar-refractivity contribution is -0.122. The summed E-state index contributed by atoms with van der Waals surface area (Å²) in [6.07, 6.45) is 1.68. The fraction of sp³-hybridized carbons (Fsp3) is 0.533. The number of aliphatic hydroxyl groups is 1. The van der Waals surface area contributed by atoms with Gasteiger partial charge in [0.1, 0.15) is 0 Å². The van der Waals surface area contributed by atoms with Crippen LogP contribution in [0.2, 0.25) is 0 Å². The van der Waals surface area contributed by atoms with Gasteiger partial charge in [0.25, 0.3) is 0 Å². The van der Waals surface area contributed by atoms with Gasteiger partial charge in [-0.25, -0.2) is 0 Å². The number of aliphatic hydroxyl groups excluding tert-OH is 1. The van der Waals surface area contributed by atoms with Gasteiger partial charge in [-0.2, -0.15) is 0 Å². The number of carbonyl (C=O) groups is 1. The molecule has 0 aromatic heterocycles. The molecule has 0 spiro atoms. The predicted molar refractivity (Wildman–Crippen MR) is 76.1 cm³/mol. The van der Waals surface area contributed by atoms with Gasteiger partial charge in [-0.15, -0.1) is 0 Å². The summed E-state index contributed by atoms with van der Waals surface area (Å²) in [6, 6.07) is 8.02. The second-order valence-electron chi connectivity index (χ2n) is 5.26. The monoisotopic (exact) mass is 262 g/mol. The SMILES string of the molecule is CC(C)N(CCO)C1CCc2ccccc2NC1=O. The highest BCUT2D eigenvalue weighted by molar-refractivity contribution is 5.96. The van der Waals surface area contributed by atoms with E-state index in [4.69, 9.17) is 0 Å². The molecule has 4 nitrogen and oxygen atoms in total. The first-order valence-electron chi connectivity index (χ1n) is 6.89. The zero-order valence-corrected chi connectivity index (χ0v) is 11.6. The Balaban J connectivity index is 2.19. The van der Waals surface area contributed by atoms with Gasteiger partial charge in [0, 0.05) is 18.3 Å². The summed E-state index contributed by atoms with van der Waals surface area (Å²) in [7, 11) is 0. The maximum atomic E-state index is 12.4. The van der Waals surface area contributed by atoms with Gasteiger partial charge >= 0.3 is 0 Å². The van der Waals surface area contributed by atoms with Crippen LogP contribution in [0.3, 0.4) is 0 Å². The van der Waals surface area contributed by atoms with Gasteiger partial charge in [0.05, 0.1) is 12.6 Å². The van der Waals surface area contributed by atoms with Crippen LogP contribution in [0.1, 0.15) is 25.8 Å². The number of benzene rings is 1. The zero-order valence-electron chi connectivity index (χ0n) is 11.6. The molecule has 1 aromatic rings. The molecular formula is C15H22N2O2. The Bertz CT molecular complexity index is 446. The number of hydrogen-bond acceptors (Lipinski definition) is 3. The predicted octanol–water partition coefficient (Wildman–Crippen LogP) is 1.64. The standard InChI is InChI=1S/C15H22N2O2/c1-11(2)17(9-10-18)14-8-7-12-5-3-4-6-13(12)16-15(14)19/h3-6,11,14,18H,7-10H2,1-2H3,(H,16,19). The summed E-state index contributed by atoms with van der Waals surface area (Å²) in [5.74, 6) is 0.0344. The van der Waals surface area contributed by atoms with Crippen molar-refractivity contribution in [1.29, 1.82) is 0 Å². The number of amides is 1. The first-order valence-corrected chi connectivity index (χ1v) is 6.89. The number of hydrogen-bond donors (Lipinski definition) is 2. The van der Waals surface area contributed by atoms with E-state index >= 15 is 0 Å². The summed E-state index contributed by atoms with van der Waals surface area (Å²) < 4.78 is 0. The molecule has 0 aliphatic carbocycles. The summed E-state index contributed by atoms with van der Waals surface area (Å²) in [6.45, 7) is 4.73. The first kappa shape index (κ1) is 14.0. The molecule has 1 aliphatic rings. The van der Waals surface area contributed by atoms with Crippen LogP contribution in [0, 0.1) is 0 Å². The topological polar surface area (TPSA) is 52.6 Å². The molecule has 19 heavy (non-hydrogen) atoms. The number of anilines is 1. The lowest BCUT2D eigenvalue weighted by atomic mass is 10.0. The molecule has 0 bridgehead atoms. The smallest absolute Gasteiger partial charge is 0.241 e. The zero-order chi connectivity index (χ0) is 13.8. The Morgan fingerprint density at radius 2 is 2.16 bits per heavy atom. The van der Waals surface area contributed by atoms with Crippen LogP contribution in [-0.4, -0.2) is 41.1 Å². The van der Waals surface area contributed by atoms with E-state index in [-0.39, 0.29) is 24.6 Å². The Labute approximate surface area is 114 Å². The molecule has 1 atom stereocenters. The van der Waals surface area contributed by atoms with Crippen LogP contribution >= 0.6 is 0 Å². The molecule has 4 heteroatoms. The Morgan fingerprint density at radius 1 is 1.42 bits per heavy atom. The summed E-state index contributed by atoms with van der Waals surface area (Å²) in [5.41, 5.74) is 2.11. The minimum absolute atomic E-state index is 0.0344. The van der Waals surface area contributed by atoms with E-state index in [2.05, 4.69) is 30.1 Å². The molecule has 0 saturated carbocycles. The number of nitrogens with zero attached hydrogens (tertiary/aromatic N) is 1. The molecule has 2 N–H and O–H groups in total. The Hall–Kier alpha value is -1.39. The van der Waals surface area contributed by atoms with Crippen LogP contribution in [-0.2, 0) is 11.2 Å². The van der Waals surface area contributed by atoms with Gasteiger partial charge in [-0.05, 0) is 38.3 Å². The van der Waals surface area contributed by atoms with Crippen molar-refractivity contribution >= 4 is 11.6 Å². The highest BCUT2D eigenvalue weighted by Gasteiger charge is 2.29. The normalized spacial score (nSPS) is 19.2. The quantitative estimate of drug-likeness (QED) is 0.867. The molecule has 104 valence electrons. The van der Waals surface area contributed by atoms with Crippen LogP contribution in [0.4, 0.5) is 5.69 Å². The second-order valence-corrected chi connectivity index (χ2v) is 5.26. The van der Waals surface area contributed by atoms with Crippen molar-refractivity contribution in [3.05, 3.63) is 29.8 Å². The molecule has 0 fully saturated rings. The van der Waals surface area contributed by atoms with Crippen LogP contribution in [0.5, 0.6) is 0 Å². The van der Waals surface area contributed by atoms with E-state index in [1.165, 1.54) is 5.56 Å². The molecule has 1 unspecified atom stereocenters. The molecule has 2 rings (SSSR count). The van der Waals surface area contributed by atoms with E-state index < -0.39 is 0 Å². The number of rotatable bonds is 4. The number of para-hydroxylation sites is 1. The maximum Gasteiger partial charge on any atom is 0.241 e. The largest absolute Gasteiger partial charge is 0.395 e. The van der Waals surface area contributed by atoms with Crippen LogP contribution in [0.15, 0.2) is 24.3 Å². The number of carbonyl (C=O) groups excluding carboxylic acids is 1. The molecule has 0 saturated heterocycles. The van der Waals surface area contributed by atoms with Crippen molar-refractivity contribution in [2.75, 3.05) is 18.5 Å². The Kier molecular flexibility index (Phi) is 4.56. The number of aryl methyl sites for hydroxylation is 1. The van der Waals surface area contributed by atoms with E-state index in [0.717, 1.165) is 18.5 Å². The van der Waals surface area contributed by atoms with Gasteiger partial charge in [-0.3, -0.25) is 9.69 Å². The third-order valence-corrected chi connectivity index (χ3v) is 3.69.